The second-order valence-corrected chi connectivity index (χ2v) is 4.32. The summed E-state index contributed by atoms with van der Waals surface area (Å²) in [4.78, 5) is 22.1. The van der Waals surface area contributed by atoms with Gasteiger partial charge in [0, 0.05) is 5.56 Å². The molecule has 22 heavy (non-hydrogen) atoms. The zero-order chi connectivity index (χ0) is 15.2. The molecule has 0 unspecified atom stereocenters. The van der Waals surface area contributed by atoms with E-state index in [1.54, 1.807) is 54.6 Å². The lowest BCUT2D eigenvalue weighted by molar-refractivity contribution is -0.149. The molecule has 0 fully saturated rings. The van der Waals surface area contributed by atoms with Crippen molar-refractivity contribution in [2.45, 2.75) is 0 Å². The molecule has 3 rings (SSSR count). The normalized spacial score (nSPS) is 10.0. The van der Waals surface area contributed by atoms with E-state index in [1.165, 1.54) is 6.20 Å². The quantitative estimate of drug-likeness (QED) is 0.544. The van der Waals surface area contributed by atoms with Crippen LogP contribution in [0.2, 0.25) is 0 Å². The van der Waals surface area contributed by atoms with Gasteiger partial charge in [-0.15, -0.1) is 10.2 Å². The minimum Gasteiger partial charge on any atom is -0.287 e. The van der Waals surface area contributed by atoms with Gasteiger partial charge in [0.2, 0.25) is 0 Å². The van der Waals surface area contributed by atoms with Crippen LogP contribution >= 0.6 is 0 Å². The molecule has 0 amide bonds. The molecule has 3 aromatic rings. The molecule has 0 aliphatic rings. The zero-order valence-electron chi connectivity index (χ0n) is 11.4. The highest BCUT2D eigenvalue weighted by Gasteiger charge is 2.16. The van der Waals surface area contributed by atoms with Crippen molar-refractivity contribution in [3.05, 3.63) is 72.4 Å². The molecule has 0 saturated carbocycles. The van der Waals surface area contributed by atoms with Gasteiger partial charge in [-0.05, 0) is 29.5 Å². The average molecular weight is 293 g/mol. The van der Waals surface area contributed by atoms with Gasteiger partial charge in [0.15, 0.2) is 5.75 Å². The van der Waals surface area contributed by atoms with E-state index in [1.807, 2.05) is 6.07 Å². The standard InChI is InChI=1S/C16H11N3O3/c20-16(22-21-12-6-2-1-3-7-12)14-9-5-4-8-13(14)15-10-11-17-19-18-15/h1-11H. The summed E-state index contributed by atoms with van der Waals surface area (Å²) in [7, 11) is 0. The van der Waals surface area contributed by atoms with E-state index in [0.717, 1.165) is 0 Å². The van der Waals surface area contributed by atoms with Gasteiger partial charge in [-0.25, -0.2) is 9.68 Å². The van der Waals surface area contributed by atoms with Crippen LogP contribution in [0.3, 0.4) is 0 Å². The minimum absolute atomic E-state index is 0.332. The van der Waals surface area contributed by atoms with Crippen molar-refractivity contribution in [3.63, 3.8) is 0 Å². The zero-order valence-corrected chi connectivity index (χ0v) is 11.4. The molecule has 2 aromatic carbocycles. The molecule has 108 valence electrons. The molecule has 6 nitrogen and oxygen atoms in total. The van der Waals surface area contributed by atoms with Crippen molar-refractivity contribution in [1.82, 2.24) is 15.4 Å². The Kier molecular flexibility index (Phi) is 4.01. The second kappa shape index (κ2) is 6.45. The molecule has 0 atom stereocenters. The van der Waals surface area contributed by atoms with Crippen LogP contribution in [0.25, 0.3) is 11.3 Å². The van der Waals surface area contributed by atoms with E-state index in [2.05, 4.69) is 15.4 Å². The number of carbonyl (C=O) groups excluding carboxylic acids is 1. The average Bonchev–Trinajstić information content (AvgIpc) is 2.61. The summed E-state index contributed by atoms with van der Waals surface area (Å²) in [5.74, 6) is -0.171. The van der Waals surface area contributed by atoms with E-state index >= 15 is 0 Å². The minimum atomic E-state index is -0.613. The van der Waals surface area contributed by atoms with Crippen LogP contribution in [0.4, 0.5) is 0 Å². The smallest absolute Gasteiger partial charge is 0.287 e. The summed E-state index contributed by atoms with van der Waals surface area (Å²) >= 11 is 0. The van der Waals surface area contributed by atoms with Gasteiger partial charge in [-0.3, -0.25) is 4.89 Å². The van der Waals surface area contributed by atoms with E-state index < -0.39 is 5.97 Å². The fourth-order valence-electron chi connectivity index (χ4n) is 1.88. The summed E-state index contributed by atoms with van der Waals surface area (Å²) in [5, 5.41) is 11.1. The molecule has 0 aliphatic carbocycles. The van der Waals surface area contributed by atoms with Crippen molar-refractivity contribution in [3.8, 4) is 17.0 Å². The van der Waals surface area contributed by atoms with Crippen molar-refractivity contribution >= 4 is 5.97 Å². The van der Waals surface area contributed by atoms with E-state index in [-0.39, 0.29) is 0 Å². The largest absolute Gasteiger partial charge is 0.386 e. The van der Waals surface area contributed by atoms with Crippen LogP contribution in [0.5, 0.6) is 5.75 Å². The number of carbonyl (C=O) groups is 1. The highest BCUT2D eigenvalue weighted by atomic mass is 17.2. The Balaban J connectivity index is 1.81. The lowest BCUT2D eigenvalue weighted by Gasteiger charge is -2.07. The van der Waals surface area contributed by atoms with Crippen LogP contribution < -0.4 is 4.89 Å². The predicted molar refractivity (Wildman–Crippen MR) is 77.7 cm³/mol. The first-order valence-electron chi connectivity index (χ1n) is 6.52. The predicted octanol–water partition coefficient (Wildman–Crippen LogP) is 2.69. The first-order valence-corrected chi connectivity index (χ1v) is 6.52. The molecular formula is C16H11N3O3. The fraction of sp³-hybridized carbons (Fsp3) is 0. The number of hydrogen-bond acceptors (Lipinski definition) is 6. The molecule has 0 spiro atoms. The molecule has 6 heteroatoms. The topological polar surface area (TPSA) is 74.2 Å². The Morgan fingerprint density at radius 3 is 2.45 bits per heavy atom. The Morgan fingerprint density at radius 1 is 0.909 bits per heavy atom. The molecule has 1 aromatic heterocycles. The maximum atomic E-state index is 12.2. The molecular weight excluding hydrogens is 282 g/mol. The van der Waals surface area contributed by atoms with Crippen LogP contribution in [-0.2, 0) is 4.89 Å². The van der Waals surface area contributed by atoms with Gasteiger partial charge in [0.05, 0.1) is 17.5 Å². The van der Waals surface area contributed by atoms with Crippen LogP contribution in [0.15, 0.2) is 66.9 Å². The van der Waals surface area contributed by atoms with Crippen molar-refractivity contribution < 1.29 is 14.6 Å². The monoisotopic (exact) mass is 293 g/mol. The van der Waals surface area contributed by atoms with Crippen LogP contribution in [0.1, 0.15) is 10.4 Å². The van der Waals surface area contributed by atoms with Crippen molar-refractivity contribution in [2.24, 2.45) is 0 Å². The number of hydrogen-bond donors (Lipinski definition) is 0. The molecule has 0 saturated heterocycles. The Hall–Kier alpha value is -3.28. The Bertz CT molecular complexity index is 764. The number of para-hydroxylation sites is 1. The Morgan fingerprint density at radius 2 is 1.68 bits per heavy atom. The lowest BCUT2D eigenvalue weighted by Crippen LogP contribution is -2.10. The van der Waals surface area contributed by atoms with Gasteiger partial charge in [-0.2, -0.15) is 0 Å². The number of nitrogens with zero attached hydrogens (tertiary/aromatic N) is 3. The molecule has 0 bridgehead atoms. The van der Waals surface area contributed by atoms with Gasteiger partial charge in [0.25, 0.3) is 0 Å². The third-order valence-corrected chi connectivity index (χ3v) is 2.88. The third-order valence-electron chi connectivity index (χ3n) is 2.88. The first kappa shape index (κ1) is 13.7. The van der Waals surface area contributed by atoms with Crippen molar-refractivity contribution in [2.75, 3.05) is 0 Å². The maximum Gasteiger partial charge on any atom is 0.386 e. The lowest BCUT2D eigenvalue weighted by atomic mass is 10.0. The van der Waals surface area contributed by atoms with Crippen LogP contribution in [-0.4, -0.2) is 21.4 Å². The summed E-state index contributed by atoms with van der Waals surface area (Å²) in [6, 6.07) is 17.4. The van der Waals surface area contributed by atoms with Gasteiger partial charge in [0.1, 0.15) is 0 Å². The second-order valence-electron chi connectivity index (χ2n) is 4.32. The number of aromatic nitrogens is 3. The molecule has 0 N–H and O–H groups in total. The Labute approximate surface area is 126 Å². The van der Waals surface area contributed by atoms with Crippen molar-refractivity contribution in [1.29, 1.82) is 0 Å². The van der Waals surface area contributed by atoms with E-state index in [9.17, 15) is 4.79 Å². The SMILES string of the molecule is O=C(OOc1ccccc1)c1ccccc1-c1ccnnn1. The maximum absolute atomic E-state index is 12.2. The molecule has 1 heterocycles. The highest BCUT2D eigenvalue weighted by Crippen LogP contribution is 2.21. The fourth-order valence-corrected chi connectivity index (χ4v) is 1.88. The summed E-state index contributed by atoms with van der Waals surface area (Å²) in [5.41, 5.74) is 1.46. The number of rotatable bonds is 4. The molecule has 0 radical (unpaired) electrons. The summed E-state index contributed by atoms with van der Waals surface area (Å²) < 4.78 is 0. The highest BCUT2D eigenvalue weighted by molar-refractivity contribution is 5.96. The van der Waals surface area contributed by atoms with Gasteiger partial charge in [-0.1, -0.05) is 36.4 Å². The first-order chi connectivity index (χ1) is 10.8. The van der Waals surface area contributed by atoms with Gasteiger partial charge >= 0.3 is 5.97 Å². The third kappa shape index (κ3) is 3.06. The number of benzene rings is 2. The van der Waals surface area contributed by atoms with E-state index in [4.69, 9.17) is 9.78 Å². The van der Waals surface area contributed by atoms with E-state index in [0.29, 0.717) is 22.6 Å². The molecule has 0 aliphatic heterocycles. The van der Waals surface area contributed by atoms with Gasteiger partial charge < -0.3 is 0 Å². The summed E-state index contributed by atoms with van der Waals surface area (Å²) in [6.45, 7) is 0. The summed E-state index contributed by atoms with van der Waals surface area (Å²) in [6.07, 6.45) is 1.50. The van der Waals surface area contributed by atoms with Crippen LogP contribution in [0, 0.1) is 0 Å².